The summed E-state index contributed by atoms with van der Waals surface area (Å²) in [6.45, 7) is 8.60. The zero-order valence-electron chi connectivity index (χ0n) is 18.1. The van der Waals surface area contributed by atoms with Crippen LogP contribution in [0.3, 0.4) is 0 Å². The monoisotopic (exact) mass is 424 g/mol. The Hall–Kier alpha value is -2.86. The fourth-order valence-corrected chi connectivity index (χ4v) is 3.69. The van der Waals surface area contributed by atoms with E-state index in [1.807, 2.05) is 53.9 Å². The van der Waals surface area contributed by atoms with Crippen LogP contribution in [-0.4, -0.2) is 24.1 Å². The van der Waals surface area contributed by atoms with Gasteiger partial charge < -0.3 is 14.8 Å². The molecule has 0 spiro atoms. The van der Waals surface area contributed by atoms with Gasteiger partial charge in [-0.25, -0.2) is 4.98 Å². The molecular weight excluding hydrogens is 396 g/mol. The molecule has 0 aliphatic rings. The van der Waals surface area contributed by atoms with Crippen LogP contribution in [0.5, 0.6) is 11.5 Å². The number of rotatable bonds is 7. The number of methoxy groups -OCH3 is 1. The number of nitrogens with zero attached hydrogens (tertiary/aromatic N) is 1. The Kier molecular flexibility index (Phi) is 6.77. The summed E-state index contributed by atoms with van der Waals surface area (Å²) in [5.41, 5.74) is 3.15. The minimum absolute atomic E-state index is 0.0831. The molecule has 1 aromatic heterocycles. The standard InChI is InChI=1S/C24H28N2O3S/c1-16(29-21-12-8-18(9-13-21)24(2,3)4)22(27)25-14-19-15-30-23(26-19)17-6-10-20(28-5)11-7-17/h6-13,15-16H,14H2,1-5H3,(H,25,27). The quantitative estimate of drug-likeness (QED) is 0.566. The highest BCUT2D eigenvalue weighted by molar-refractivity contribution is 7.13. The normalized spacial score (nSPS) is 12.3. The third-order valence-corrected chi connectivity index (χ3v) is 5.68. The lowest BCUT2D eigenvalue weighted by molar-refractivity contribution is -0.127. The van der Waals surface area contributed by atoms with Gasteiger partial charge in [0, 0.05) is 10.9 Å². The van der Waals surface area contributed by atoms with Crippen LogP contribution in [0.1, 0.15) is 39.0 Å². The lowest BCUT2D eigenvalue weighted by Gasteiger charge is -2.20. The summed E-state index contributed by atoms with van der Waals surface area (Å²) < 4.78 is 11.0. The fraction of sp³-hybridized carbons (Fsp3) is 0.333. The Morgan fingerprint density at radius 2 is 1.70 bits per heavy atom. The molecule has 30 heavy (non-hydrogen) atoms. The van der Waals surface area contributed by atoms with Crippen molar-refractivity contribution < 1.29 is 14.3 Å². The lowest BCUT2D eigenvalue weighted by atomic mass is 9.87. The number of hydrogen-bond donors (Lipinski definition) is 1. The van der Waals surface area contributed by atoms with Crippen molar-refractivity contribution in [3.05, 3.63) is 65.2 Å². The molecule has 0 aliphatic heterocycles. The van der Waals surface area contributed by atoms with Crippen LogP contribution in [0, 0.1) is 0 Å². The summed E-state index contributed by atoms with van der Waals surface area (Å²) >= 11 is 1.55. The maximum absolute atomic E-state index is 12.4. The van der Waals surface area contributed by atoms with Crippen molar-refractivity contribution in [3.8, 4) is 22.1 Å². The van der Waals surface area contributed by atoms with Crippen LogP contribution >= 0.6 is 11.3 Å². The SMILES string of the molecule is COc1ccc(-c2nc(CNC(=O)C(C)Oc3ccc(C(C)(C)C)cc3)cs2)cc1. The van der Waals surface area contributed by atoms with E-state index in [1.165, 1.54) is 5.56 Å². The smallest absolute Gasteiger partial charge is 0.261 e. The van der Waals surface area contributed by atoms with Crippen LogP contribution in [0.15, 0.2) is 53.9 Å². The molecule has 0 aliphatic carbocycles. The second kappa shape index (κ2) is 9.30. The Morgan fingerprint density at radius 3 is 2.30 bits per heavy atom. The predicted molar refractivity (Wildman–Crippen MR) is 121 cm³/mol. The number of ether oxygens (including phenoxy) is 2. The molecule has 1 heterocycles. The summed E-state index contributed by atoms with van der Waals surface area (Å²) in [6, 6.07) is 15.7. The molecule has 1 atom stereocenters. The van der Waals surface area contributed by atoms with Crippen molar-refractivity contribution in [1.29, 1.82) is 0 Å². The number of carbonyl (C=O) groups is 1. The van der Waals surface area contributed by atoms with Crippen molar-refractivity contribution >= 4 is 17.2 Å². The van der Waals surface area contributed by atoms with Gasteiger partial charge in [0.05, 0.1) is 19.3 Å². The van der Waals surface area contributed by atoms with Crippen LogP contribution in [0.2, 0.25) is 0 Å². The molecule has 5 nitrogen and oxygen atoms in total. The zero-order chi connectivity index (χ0) is 21.7. The third-order valence-electron chi connectivity index (χ3n) is 4.73. The molecule has 3 rings (SSSR count). The summed E-state index contributed by atoms with van der Waals surface area (Å²) in [4.78, 5) is 17.0. The van der Waals surface area contributed by atoms with E-state index < -0.39 is 6.10 Å². The maximum atomic E-state index is 12.4. The first-order valence-electron chi connectivity index (χ1n) is 9.90. The van der Waals surface area contributed by atoms with Gasteiger partial charge >= 0.3 is 0 Å². The number of benzene rings is 2. The number of thiazole rings is 1. The molecule has 1 unspecified atom stereocenters. The Labute approximate surface area is 182 Å². The summed E-state index contributed by atoms with van der Waals surface area (Å²) in [5.74, 6) is 1.32. The second-order valence-electron chi connectivity index (χ2n) is 8.12. The van der Waals surface area contributed by atoms with Crippen molar-refractivity contribution in [2.75, 3.05) is 7.11 Å². The molecule has 1 amide bonds. The Bertz CT molecular complexity index is 973. The van der Waals surface area contributed by atoms with Crippen molar-refractivity contribution in [2.24, 2.45) is 0 Å². The lowest BCUT2D eigenvalue weighted by Crippen LogP contribution is -2.36. The zero-order valence-corrected chi connectivity index (χ0v) is 18.9. The topological polar surface area (TPSA) is 60.5 Å². The molecule has 0 radical (unpaired) electrons. The van der Waals surface area contributed by atoms with Crippen LogP contribution in [0.4, 0.5) is 0 Å². The van der Waals surface area contributed by atoms with E-state index in [0.29, 0.717) is 12.3 Å². The van der Waals surface area contributed by atoms with E-state index >= 15 is 0 Å². The van der Waals surface area contributed by atoms with Crippen LogP contribution in [0.25, 0.3) is 10.6 Å². The first-order valence-corrected chi connectivity index (χ1v) is 10.8. The number of aromatic nitrogens is 1. The van der Waals surface area contributed by atoms with Gasteiger partial charge in [0.1, 0.15) is 16.5 Å². The Morgan fingerprint density at radius 1 is 1.07 bits per heavy atom. The van der Waals surface area contributed by atoms with E-state index in [0.717, 1.165) is 22.0 Å². The van der Waals surface area contributed by atoms with Gasteiger partial charge in [-0.3, -0.25) is 4.79 Å². The van der Waals surface area contributed by atoms with E-state index in [4.69, 9.17) is 9.47 Å². The number of hydrogen-bond acceptors (Lipinski definition) is 5. The van der Waals surface area contributed by atoms with Gasteiger partial charge in [0.25, 0.3) is 5.91 Å². The van der Waals surface area contributed by atoms with Gasteiger partial charge in [-0.2, -0.15) is 0 Å². The van der Waals surface area contributed by atoms with Crippen molar-refractivity contribution in [3.63, 3.8) is 0 Å². The van der Waals surface area contributed by atoms with Crippen LogP contribution < -0.4 is 14.8 Å². The molecule has 0 saturated carbocycles. The molecule has 2 aromatic carbocycles. The fourth-order valence-electron chi connectivity index (χ4n) is 2.87. The number of nitrogens with one attached hydrogen (secondary N) is 1. The first-order chi connectivity index (χ1) is 14.3. The van der Waals surface area contributed by atoms with E-state index in [1.54, 1.807) is 25.4 Å². The average molecular weight is 425 g/mol. The highest BCUT2D eigenvalue weighted by Gasteiger charge is 2.17. The first kappa shape index (κ1) is 21.8. The average Bonchev–Trinajstić information content (AvgIpc) is 3.21. The van der Waals surface area contributed by atoms with Crippen molar-refractivity contribution in [1.82, 2.24) is 10.3 Å². The third kappa shape index (κ3) is 5.60. The van der Waals surface area contributed by atoms with Crippen LogP contribution in [-0.2, 0) is 16.8 Å². The van der Waals surface area contributed by atoms with E-state index in [2.05, 4.69) is 31.1 Å². The van der Waals surface area contributed by atoms with Crippen molar-refractivity contribution in [2.45, 2.75) is 45.8 Å². The molecule has 158 valence electrons. The molecule has 0 saturated heterocycles. The van der Waals surface area contributed by atoms with Gasteiger partial charge in [-0.15, -0.1) is 11.3 Å². The van der Waals surface area contributed by atoms with E-state index in [9.17, 15) is 4.79 Å². The van der Waals surface area contributed by atoms with Gasteiger partial charge in [0.2, 0.25) is 0 Å². The highest BCUT2D eigenvalue weighted by atomic mass is 32.1. The summed E-state index contributed by atoms with van der Waals surface area (Å²) in [5, 5.41) is 5.76. The van der Waals surface area contributed by atoms with E-state index in [-0.39, 0.29) is 11.3 Å². The summed E-state index contributed by atoms with van der Waals surface area (Å²) in [6.07, 6.45) is -0.592. The molecular formula is C24H28N2O3S. The second-order valence-corrected chi connectivity index (χ2v) is 8.98. The Balaban J connectivity index is 1.53. The molecule has 3 aromatic rings. The minimum Gasteiger partial charge on any atom is -0.497 e. The molecule has 0 fully saturated rings. The minimum atomic E-state index is -0.592. The van der Waals surface area contributed by atoms with Gasteiger partial charge in [0.15, 0.2) is 6.10 Å². The summed E-state index contributed by atoms with van der Waals surface area (Å²) in [7, 11) is 1.64. The predicted octanol–water partition coefficient (Wildman–Crippen LogP) is 5.20. The molecule has 6 heteroatoms. The maximum Gasteiger partial charge on any atom is 0.261 e. The molecule has 1 N–H and O–H groups in total. The van der Waals surface area contributed by atoms with Gasteiger partial charge in [-0.1, -0.05) is 32.9 Å². The largest absolute Gasteiger partial charge is 0.497 e. The number of amides is 1. The number of carbonyl (C=O) groups excluding carboxylic acids is 1. The highest BCUT2D eigenvalue weighted by Crippen LogP contribution is 2.26. The molecule has 0 bridgehead atoms. The van der Waals surface area contributed by atoms with Gasteiger partial charge in [-0.05, 0) is 54.3 Å².